The molecule has 1 aromatic rings. The van der Waals surface area contributed by atoms with Gasteiger partial charge >= 0.3 is 5.69 Å². The summed E-state index contributed by atoms with van der Waals surface area (Å²) in [6.45, 7) is 0. The monoisotopic (exact) mass is 160 g/mol. The molecule has 0 bridgehead atoms. The molecule has 54 valence electrons. The molecule has 0 aliphatic heterocycles. The minimum atomic E-state index is -0.837. The fourth-order valence-electron chi connectivity index (χ4n) is 0.477. The first-order valence-corrected chi connectivity index (χ1v) is 3.00. The van der Waals surface area contributed by atoms with Gasteiger partial charge in [-0.1, -0.05) is 14.0 Å². The summed E-state index contributed by atoms with van der Waals surface area (Å²) in [5.41, 5.74) is -1.56. The second kappa shape index (κ2) is 2.27. The van der Waals surface area contributed by atoms with Gasteiger partial charge in [0.2, 0.25) is 0 Å². The molecule has 0 saturated carbocycles. The van der Waals surface area contributed by atoms with E-state index in [9.17, 15) is 9.59 Å². The van der Waals surface area contributed by atoms with Gasteiger partial charge in [0.1, 0.15) is 0 Å². The first-order valence-electron chi connectivity index (χ1n) is 2.42. The lowest BCUT2D eigenvalue weighted by atomic mass is 10.6. The average molecular weight is 160 g/mol. The Morgan fingerprint density at radius 3 is 2.70 bits per heavy atom. The molecule has 0 aliphatic carbocycles. The topological polar surface area (TPSA) is 75.1 Å². The van der Waals surface area contributed by atoms with Gasteiger partial charge in [-0.15, -0.1) is 0 Å². The smallest absolute Gasteiger partial charge is 0.361 e. The normalized spacial score (nSPS) is 9.70. The minimum Gasteiger partial charge on any atom is -0.421 e. The zero-order valence-corrected chi connectivity index (χ0v) is 6.02. The van der Waals surface area contributed by atoms with E-state index >= 15 is 0 Å². The Bertz CT molecular complexity index is 352. The molecule has 1 rings (SSSR count). The Morgan fingerprint density at radius 1 is 1.60 bits per heavy atom. The van der Waals surface area contributed by atoms with E-state index in [0.29, 0.717) is 0 Å². The van der Waals surface area contributed by atoms with Gasteiger partial charge in [-0.05, 0) is 0 Å². The van der Waals surface area contributed by atoms with Crippen LogP contribution in [0.3, 0.4) is 0 Å². The van der Waals surface area contributed by atoms with Gasteiger partial charge in [-0.25, -0.2) is 4.79 Å². The van der Waals surface area contributed by atoms with Crippen molar-refractivity contribution in [2.75, 3.05) is 0 Å². The molecular weight excluding hydrogens is 155 g/mol. The minimum absolute atomic E-state index is 0.0162. The summed E-state index contributed by atoms with van der Waals surface area (Å²) in [6, 6.07) is 0. The SMILES string of the molecule is O=c1[nH]cc(P)c(=O)n1O. The van der Waals surface area contributed by atoms with Crippen molar-refractivity contribution in [1.29, 1.82) is 0 Å². The zero-order chi connectivity index (χ0) is 7.72. The summed E-state index contributed by atoms with van der Waals surface area (Å²) in [6.07, 6.45) is 1.21. The lowest BCUT2D eigenvalue weighted by molar-refractivity contribution is 0.161. The van der Waals surface area contributed by atoms with Gasteiger partial charge in [0.15, 0.2) is 0 Å². The van der Waals surface area contributed by atoms with E-state index in [4.69, 9.17) is 5.21 Å². The highest BCUT2D eigenvalue weighted by Gasteiger charge is 1.98. The van der Waals surface area contributed by atoms with Gasteiger partial charge in [-0.3, -0.25) is 4.79 Å². The van der Waals surface area contributed by atoms with Crippen molar-refractivity contribution in [3.8, 4) is 0 Å². The third-order valence-corrected chi connectivity index (χ3v) is 1.40. The van der Waals surface area contributed by atoms with Crippen LogP contribution in [0.2, 0.25) is 0 Å². The molecule has 5 nitrogen and oxygen atoms in total. The van der Waals surface area contributed by atoms with E-state index in [1.807, 2.05) is 0 Å². The maximum atomic E-state index is 10.7. The van der Waals surface area contributed by atoms with Crippen LogP contribution in [0.5, 0.6) is 0 Å². The number of nitrogens with zero attached hydrogens (tertiary/aromatic N) is 1. The highest BCUT2D eigenvalue weighted by atomic mass is 31.0. The predicted octanol–water partition coefficient (Wildman–Crippen LogP) is -1.73. The molecule has 0 aromatic carbocycles. The Morgan fingerprint density at radius 2 is 2.20 bits per heavy atom. The van der Waals surface area contributed by atoms with Gasteiger partial charge in [-0.2, -0.15) is 0 Å². The number of hydrogen-bond acceptors (Lipinski definition) is 3. The number of H-pyrrole nitrogens is 1. The number of hydrogen-bond donors (Lipinski definition) is 2. The molecule has 0 fully saturated rings. The molecule has 1 unspecified atom stereocenters. The molecule has 1 atom stereocenters. The van der Waals surface area contributed by atoms with Crippen molar-refractivity contribution in [3.63, 3.8) is 0 Å². The molecule has 0 amide bonds. The van der Waals surface area contributed by atoms with E-state index in [2.05, 4.69) is 14.2 Å². The number of nitrogens with one attached hydrogen (secondary N) is 1. The molecule has 0 saturated heterocycles. The summed E-state index contributed by atoms with van der Waals surface area (Å²) in [7, 11) is 2.08. The van der Waals surface area contributed by atoms with Crippen LogP contribution >= 0.6 is 9.24 Å². The zero-order valence-electron chi connectivity index (χ0n) is 4.87. The number of rotatable bonds is 0. The van der Waals surface area contributed by atoms with Gasteiger partial charge in [0, 0.05) is 6.20 Å². The maximum absolute atomic E-state index is 10.7. The third kappa shape index (κ3) is 0.953. The largest absolute Gasteiger partial charge is 0.421 e. The van der Waals surface area contributed by atoms with Crippen molar-refractivity contribution in [1.82, 2.24) is 9.71 Å². The predicted molar refractivity (Wildman–Crippen MR) is 37.9 cm³/mol. The van der Waals surface area contributed by atoms with Crippen molar-refractivity contribution < 1.29 is 5.21 Å². The molecule has 2 N–H and O–H groups in total. The molecule has 10 heavy (non-hydrogen) atoms. The van der Waals surface area contributed by atoms with Crippen molar-refractivity contribution in [3.05, 3.63) is 27.0 Å². The second-order valence-corrected chi connectivity index (χ2v) is 2.29. The van der Waals surface area contributed by atoms with E-state index < -0.39 is 11.2 Å². The summed E-state index contributed by atoms with van der Waals surface area (Å²) in [5.74, 6) is 0. The van der Waals surface area contributed by atoms with E-state index in [-0.39, 0.29) is 10.0 Å². The molecule has 0 spiro atoms. The van der Waals surface area contributed by atoms with Crippen molar-refractivity contribution >= 4 is 14.5 Å². The van der Waals surface area contributed by atoms with E-state index in [1.54, 1.807) is 0 Å². The van der Waals surface area contributed by atoms with Crippen LogP contribution < -0.4 is 16.6 Å². The van der Waals surface area contributed by atoms with Crippen molar-refractivity contribution in [2.45, 2.75) is 0 Å². The van der Waals surface area contributed by atoms with Crippen molar-refractivity contribution in [2.24, 2.45) is 0 Å². The third-order valence-electron chi connectivity index (χ3n) is 0.983. The van der Waals surface area contributed by atoms with E-state index in [1.165, 1.54) is 6.20 Å². The fraction of sp³-hybridized carbons (Fsp3) is 0. The summed E-state index contributed by atoms with van der Waals surface area (Å²) in [5, 5.41) is 8.84. The molecular formula is C4H5N2O3P. The Hall–Kier alpha value is -1.09. The Kier molecular flexibility index (Phi) is 1.59. The fourth-order valence-corrected chi connectivity index (χ4v) is 0.682. The van der Waals surface area contributed by atoms with Crippen LogP contribution in [0.15, 0.2) is 15.8 Å². The van der Waals surface area contributed by atoms with Crippen LogP contribution in [0.1, 0.15) is 0 Å². The van der Waals surface area contributed by atoms with Crippen LogP contribution in [0, 0.1) is 0 Å². The first-order chi connectivity index (χ1) is 4.63. The summed E-state index contributed by atoms with van der Waals surface area (Å²) >= 11 is 0. The molecule has 1 heterocycles. The average Bonchev–Trinajstić information content (AvgIpc) is 1.93. The first kappa shape index (κ1) is 7.02. The quantitative estimate of drug-likeness (QED) is 0.350. The molecule has 6 heteroatoms. The van der Waals surface area contributed by atoms with Crippen LogP contribution in [0.4, 0.5) is 0 Å². The summed E-state index contributed by atoms with van der Waals surface area (Å²) < 4.78 is 0.0162. The lowest BCUT2D eigenvalue weighted by Gasteiger charge is -1.92. The second-order valence-electron chi connectivity index (χ2n) is 1.67. The molecule has 1 aromatic heterocycles. The highest BCUT2D eigenvalue weighted by Crippen LogP contribution is 1.71. The number of aromatic nitrogens is 2. The Balaban J connectivity index is 3.66. The van der Waals surface area contributed by atoms with Gasteiger partial charge in [0.05, 0.1) is 5.30 Å². The standard InChI is InChI=1S/C4H5N2O3P/c7-3-2(10)1-5-4(8)6(3)9/h1,9H,10H2,(H,5,8). The van der Waals surface area contributed by atoms with Crippen LogP contribution in [-0.2, 0) is 0 Å². The Labute approximate surface area is 57.5 Å². The summed E-state index contributed by atoms with van der Waals surface area (Å²) in [4.78, 5) is 23.2. The molecule has 0 aliphatic rings. The van der Waals surface area contributed by atoms with Crippen LogP contribution in [-0.4, -0.2) is 14.9 Å². The highest BCUT2D eigenvalue weighted by molar-refractivity contribution is 7.27. The lowest BCUT2D eigenvalue weighted by Crippen LogP contribution is -2.39. The number of aromatic amines is 1. The molecule has 0 radical (unpaired) electrons. The van der Waals surface area contributed by atoms with E-state index in [0.717, 1.165) is 0 Å². The van der Waals surface area contributed by atoms with Gasteiger partial charge < -0.3 is 10.2 Å². The van der Waals surface area contributed by atoms with Crippen LogP contribution in [0.25, 0.3) is 0 Å². The maximum Gasteiger partial charge on any atom is 0.361 e. The van der Waals surface area contributed by atoms with Gasteiger partial charge in [0.25, 0.3) is 5.56 Å².